The number of nitrogens with zero attached hydrogens (tertiary/aromatic N) is 5. The molecular formula is C13H15N5O2. The largest absolute Gasteiger partial charge is 0.480 e. The quantitative estimate of drug-likeness (QED) is 0.871. The highest BCUT2D eigenvalue weighted by Gasteiger charge is 2.33. The van der Waals surface area contributed by atoms with Crippen molar-refractivity contribution >= 4 is 5.97 Å². The minimum absolute atomic E-state index is 0.388. The van der Waals surface area contributed by atoms with Crippen LogP contribution in [0.15, 0.2) is 24.3 Å². The molecule has 1 unspecified atom stereocenters. The molecule has 1 N–H and O–H groups in total. The second kappa shape index (κ2) is 5.01. The van der Waals surface area contributed by atoms with Gasteiger partial charge >= 0.3 is 5.97 Å². The number of aliphatic carboxylic acids is 1. The number of tetrazole rings is 1. The maximum atomic E-state index is 11.6. The molecule has 1 aliphatic heterocycles. The van der Waals surface area contributed by atoms with Crippen LogP contribution in [0, 0.1) is 0 Å². The molecule has 0 bridgehead atoms. The summed E-state index contributed by atoms with van der Waals surface area (Å²) in [4.78, 5) is 14.9. The van der Waals surface area contributed by atoms with Crippen molar-refractivity contribution in [1.82, 2.24) is 25.1 Å². The lowest BCUT2D eigenvalue weighted by molar-refractivity contribution is -0.144. The van der Waals surface area contributed by atoms with Crippen LogP contribution in [0.1, 0.15) is 23.0 Å². The van der Waals surface area contributed by atoms with Crippen molar-refractivity contribution in [1.29, 1.82) is 0 Å². The number of carboxylic acids is 1. The van der Waals surface area contributed by atoms with Crippen LogP contribution in [0.5, 0.6) is 0 Å². The minimum atomic E-state index is -0.846. The van der Waals surface area contributed by atoms with E-state index in [-0.39, 0.29) is 0 Å². The van der Waals surface area contributed by atoms with Crippen LogP contribution in [-0.4, -0.2) is 42.7 Å². The van der Waals surface area contributed by atoms with Crippen LogP contribution in [0.25, 0.3) is 0 Å². The maximum Gasteiger partial charge on any atom is 0.325 e. The van der Waals surface area contributed by atoms with Crippen LogP contribution < -0.4 is 0 Å². The Balaban J connectivity index is 1.90. The molecule has 0 saturated carbocycles. The van der Waals surface area contributed by atoms with Crippen molar-refractivity contribution in [3.05, 3.63) is 41.2 Å². The number of fused-ring (bicyclic) bond motifs is 1. The van der Waals surface area contributed by atoms with E-state index < -0.39 is 12.0 Å². The highest BCUT2D eigenvalue weighted by atomic mass is 16.4. The highest BCUT2D eigenvalue weighted by Crippen LogP contribution is 2.30. The number of hydrogen-bond acceptors (Lipinski definition) is 5. The molecule has 1 aromatic heterocycles. The molecule has 0 fully saturated rings. The van der Waals surface area contributed by atoms with Gasteiger partial charge in [-0.3, -0.25) is 9.69 Å². The van der Waals surface area contributed by atoms with E-state index in [1.54, 1.807) is 7.05 Å². The first-order valence-electron chi connectivity index (χ1n) is 6.42. The van der Waals surface area contributed by atoms with Crippen molar-refractivity contribution < 1.29 is 9.90 Å². The molecule has 1 atom stereocenters. The minimum Gasteiger partial charge on any atom is -0.480 e. The summed E-state index contributed by atoms with van der Waals surface area (Å²) in [6, 6.07) is 7.04. The third kappa shape index (κ3) is 2.27. The van der Waals surface area contributed by atoms with Gasteiger partial charge in [-0.2, -0.15) is 4.80 Å². The molecular weight excluding hydrogens is 258 g/mol. The second-order valence-corrected chi connectivity index (χ2v) is 4.86. The summed E-state index contributed by atoms with van der Waals surface area (Å²) in [7, 11) is 1.69. The Morgan fingerprint density at radius 1 is 1.45 bits per heavy atom. The molecule has 2 aromatic rings. The number of benzene rings is 1. The van der Waals surface area contributed by atoms with Crippen molar-refractivity contribution in [3.63, 3.8) is 0 Å². The zero-order valence-electron chi connectivity index (χ0n) is 11.1. The molecule has 0 spiro atoms. The van der Waals surface area contributed by atoms with E-state index in [1.165, 1.54) is 4.80 Å². The maximum absolute atomic E-state index is 11.6. The van der Waals surface area contributed by atoms with Gasteiger partial charge in [0, 0.05) is 6.54 Å². The van der Waals surface area contributed by atoms with Gasteiger partial charge in [-0.25, -0.2) is 0 Å². The predicted octanol–water partition coefficient (Wildman–Crippen LogP) is 0.394. The summed E-state index contributed by atoms with van der Waals surface area (Å²) in [5, 5.41) is 21.4. The van der Waals surface area contributed by atoms with Crippen LogP contribution in [0.2, 0.25) is 0 Å². The lowest BCUT2D eigenvalue weighted by Gasteiger charge is -2.33. The second-order valence-electron chi connectivity index (χ2n) is 4.86. The topological polar surface area (TPSA) is 84.1 Å². The van der Waals surface area contributed by atoms with Crippen molar-refractivity contribution in [2.24, 2.45) is 7.05 Å². The SMILES string of the molecule is Cn1nnc(CN2CCc3ccccc3C2C(=O)O)n1. The zero-order valence-corrected chi connectivity index (χ0v) is 11.1. The van der Waals surface area contributed by atoms with Crippen molar-refractivity contribution in [2.75, 3.05) is 6.54 Å². The van der Waals surface area contributed by atoms with Crippen LogP contribution in [-0.2, 0) is 24.8 Å². The summed E-state index contributed by atoms with van der Waals surface area (Å²) in [5.41, 5.74) is 1.96. The van der Waals surface area contributed by atoms with E-state index in [1.807, 2.05) is 29.2 Å². The number of hydrogen-bond donors (Lipinski definition) is 1. The fourth-order valence-corrected chi connectivity index (χ4v) is 2.65. The van der Waals surface area contributed by atoms with Gasteiger partial charge in [0.1, 0.15) is 6.04 Å². The first kappa shape index (κ1) is 12.7. The first-order chi connectivity index (χ1) is 9.65. The molecule has 7 nitrogen and oxygen atoms in total. The Labute approximate surface area is 115 Å². The van der Waals surface area contributed by atoms with Crippen molar-refractivity contribution in [3.8, 4) is 0 Å². The van der Waals surface area contributed by atoms with Crippen LogP contribution in [0.4, 0.5) is 0 Å². The van der Waals surface area contributed by atoms with Gasteiger partial charge in [-0.15, -0.1) is 10.2 Å². The molecule has 7 heteroatoms. The average molecular weight is 273 g/mol. The molecule has 0 amide bonds. The summed E-state index contributed by atoms with van der Waals surface area (Å²) in [6.45, 7) is 1.06. The van der Waals surface area contributed by atoms with Gasteiger partial charge < -0.3 is 5.11 Å². The Kier molecular flexibility index (Phi) is 3.19. The lowest BCUT2D eigenvalue weighted by atomic mass is 9.92. The van der Waals surface area contributed by atoms with Crippen LogP contribution in [0.3, 0.4) is 0 Å². The van der Waals surface area contributed by atoms with Crippen molar-refractivity contribution in [2.45, 2.75) is 19.0 Å². The van der Waals surface area contributed by atoms with Gasteiger partial charge in [-0.05, 0) is 22.8 Å². The Morgan fingerprint density at radius 3 is 2.95 bits per heavy atom. The molecule has 2 heterocycles. The Morgan fingerprint density at radius 2 is 2.25 bits per heavy atom. The average Bonchev–Trinajstić information content (AvgIpc) is 2.83. The summed E-state index contributed by atoms with van der Waals surface area (Å²) in [6.07, 6.45) is 0.834. The monoisotopic (exact) mass is 273 g/mol. The fourth-order valence-electron chi connectivity index (χ4n) is 2.65. The highest BCUT2D eigenvalue weighted by molar-refractivity contribution is 5.76. The number of rotatable bonds is 3. The summed E-state index contributed by atoms with van der Waals surface area (Å²) < 4.78 is 0. The number of carbonyl (C=O) groups is 1. The van der Waals surface area contributed by atoms with E-state index >= 15 is 0 Å². The van der Waals surface area contributed by atoms with Crippen LogP contribution >= 0.6 is 0 Å². The van der Waals surface area contributed by atoms with E-state index in [0.717, 1.165) is 17.5 Å². The molecule has 0 aliphatic carbocycles. The van der Waals surface area contributed by atoms with E-state index in [4.69, 9.17) is 0 Å². The smallest absolute Gasteiger partial charge is 0.325 e. The predicted molar refractivity (Wildman–Crippen MR) is 69.7 cm³/mol. The zero-order chi connectivity index (χ0) is 14.1. The molecule has 0 radical (unpaired) electrons. The van der Waals surface area contributed by atoms with Gasteiger partial charge in [-0.1, -0.05) is 24.3 Å². The number of carboxylic acid groups (broad SMARTS) is 1. The van der Waals surface area contributed by atoms with E-state index in [0.29, 0.717) is 18.9 Å². The number of aryl methyl sites for hydroxylation is 1. The third-order valence-electron chi connectivity index (χ3n) is 3.51. The Hall–Kier alpha value is -2.28. The van der Waals surface area contributed by atoms with E-state index in [2.05, 4.69) is 15.4 Å². The molecule has 0 saturated heterocycles. The molecule has 3 rings (SSSR count). The molecule has 104 valence electrons. The fraction of sp³-hybridized carbons (Fsp3) is 0.385. The Bertz CT molecular complexity index is 639. The lowest BCUT2D eigenvalue weighted by Crippen LogP contribution is -2.39. The first-order valence-corrected chi connectivity index (χ1v) is 6.42. The molecule has 1 aliphatic rings. The van der Waals surface area contributed by atoms with Gasteiger partial charge in [0.05, 0.1) is 13.6 Å². The van der Waals surface area contributed by atoms with E-state index in [9.17, 15) is 9.90 Å². The van der Waals surface area contributed by atoms with Gasteiger partial charge in [0.25, 0.3) is 0 Å². The summed E-state index contributed by atoms with van der Waals surface area (Å²) in [5.74, 6) is -0.306. The standard InChI is InChI=1S/C13H15N5O2/c1-17-15-11(14-16-17)8-18-7-6-9-4-2-3-5-10(9)12(18)13(19)20/h2-5,12H,6-8H2,1H3,(H,19,20). The number of aromatic nitrogens is 4. The normalized spacial score (nSPS) is 18.8. The summed E-state index contributed by atoms with van der Waals surface area (Å²) >= 11 is 0. The third-order valence-corrected chi connectivity index (χ3v) is 3.51. The van der Waals surface area contributed by atoms with Gasteiger partial charge in [0.2, 0.25) is 0 Å². The molecule has 20 heavy (non-hydrogen) atoms. The van der Waals surface area contributed by atoms with Gasteiger partial charge in [0.15, 0.2) is 5.82 Å². The molecule has 1 aromatic carbocycles.